The van der Waals surface area contributed by atoms with Gasteiger partial charge in [-0.2, -0.15) is 0 Å². The number of benzene rings is 9. The van der Waals surface area contributed by atoms with Crippen molar-refractivity contribution in [2.24, 2.45) is 0 Å². The van der Waals surface area contributed by atoms with Gasteiger partial charge in [0.25, 0.3) is 0 Å². The maximum absolute atomic E-state index is 2.68. The zero-order valence-corrected chi connectivity index (χ0v) is 29.2. The van der Waals surface area contributed by atoms with E-state index in [1.165, 1.54) is 98.6 Å². The van der Waals surface area contributed by atoms with Crippen LogP contribution < -0.4 is 15.8 Å². The van der Waals surface area contributed by atoms with Crippen molar-refractivity contribution in [3.05, 3.63) is 182 Å². The largest absolute Gasteiger partial charge is 0.375 e. The molecule has 0 fully saturated rings. The van der Waals surface area contributed by atoms with Crippen LogP contribution in [0.5, 0.6) is 0 Å². The zero-order chi connectivity index (χ0) is 35.1. The second-order valence-corrected chi connectivity index (χ2v) is 14.8. The normalized spacial score (nSPS) is 13.1. The minimum absolute atomic E-state index is 0.0478. The Balaban J connectivity index is 1.31. The first-order chi connectivity index (χ1) is 26.8. The van der Waals surface area contributed by atoms with Gasteiger partial charge in [-0.3, -0.25) is 0 Å². The molecule has 0 bridgehead atoms. The SMILES string of the molecule is c1ccc(-n2c3ccccc3c3c4c5c(cc32)-c2cccc3c6ccccc6n(c23)B5c2c(ccc3ccccc23)N4c2ccc3ccccc3c2)cc1. The van der Waals surface area contributed by atoms with Gasteiger partial charge in [0.1, 0.15) is 0 Å². The van der Waals surface area contributed by atoms with Gasteiger partial charge in [0.05, 0.1) is 16.7 Å². The van der Waals surface area contributed by atoms with E-state index >= 15 is 0 Å². The van der Waals surface area contributed by atoms with Gasteiger partial charge in [-0.15, -0.1) is 0 Å². The lowest BCUT2D eigenvalue weighted by Crippen LogP contribution is -2.57. The topological polar surface area (TPSA) is 13.1 Å². The van der Waals surface area contributed by atoms with E-state index < -0.39 is 0 Å². The van der Waals surface area contributed by atoms with E-state index in [4.69, 9.17) is 0 Å². The predicted octanol–water partition coefficient (Wildman–Crippen LogP) is 11.6. The molecular formula is C50H30BN3. The molecule has 9 aromatic carbocycles. The summed E-state index contributed by atoms with van der Waals surface area (Å²) in [7, 11) is 0. The van der Waals surface area contributed by atoms with Crippen LogP contribution >= 0.6 is 0 Å². The van der Waals surface area contributed by atoms with Crippen LogP contribution in [-0.4, -0.2) is 15.9 Å². The molecule has 248 valence electrons. The lowest BCUT2D eigenvalue weighted by molar-refractivity contribution is 1.18. The Bertz CT molecular complexity index is 3410. The molecule has 0 saturated carbocycles. The Labute approximate surface area is 311 Å². The summed E-state index contributed by atoms with van der Waals surface area (Å²) in [5.74, 6) is 0. The number of para-hydroxylation sites is 4. The number of fused-ring (bicyclic) bond motifs is 14. The fraction of sp³-hybridized carbons (Fsp3) is 0. The van der Waals surface area contributed by atoms with E-state index in [-0.39, 0.29) is 6.85 Å². The monoisotopic (exact) mass is 683 g/mol. The molecule has 2 aliphatic heterocycles. The molecule has 2 aliphatic rings. The molecule has 3 nitrogen and oxygen atoms in total. The third-order valence-electron chi connectivity index (χ3n) is 12.2. The summed E-state index contributed by atoms with van der Waals surface area (Å²) in [6.07, 6.45) is 0. The van der Waals surface area contributed by atoms with E-state index in [1.807, 2.05) is 0 Å². The minimum Gasteiger partial charge on any atom is -0.375 e. The Morgan fingerprint density at radius 1 is 0.389 bits per heavy atom. The van der Waals surface area contributed by atoms with E-state index in [9.17, 15) is 0 Å². The van der Waals surface area contributed by atoms with Gasteiger partial charge in [-0.1, -0.05) is 133 Å². The summed E-state index contributed by atoms with van der Waals surface area (Å²) in [6.45, 7) is -0.0478. The second kappa shape index (κ2) is 10.3. The first-order valence-corrected chi connectivity index (χ1v) is 18.8. The average Bonchev–Trinajstić information content (AvgIpc) is 3.75. The van der Waals surface area contributed by atoms with Crippen LogP contribution in [0.15, 0.2) is 182 Å². The molecule has 4 heteroatoms. The molecule has 0 spiro atoms. The summed E-state index contributed by atoms with van der Waals surface area (Å²) >= 11 is 0. The number of rotatable bonds is 2. The molecule has 4 heterocycles. The van der Waals surface area contributed by atoms with Gasteiger partial charge < -0.3 is 13.9 Å². The number of hydrogen-bond acceptors (Lipinski definition) is 1. The Morgan fingerprint density at radius 3 is 1.94 bits per heavy atom. The summed E-state index contributed by atoms with van der Waals surface area (Å²) < 4.78 is 5.16. The highest BCUT2D eigenvalue weighted by molar-refractivity contribution is 6.92. The summed E-state index contributed by atoms with van der Waals surface area (Å²) in [5.41, 5.74) is 15.1. The highest BCUT2D eigenvalue weighted by Gasteiger charge is 2.45. The molecule has 2 aromatic heterocycles. The Hall–Kier alpha value is -7.04. The van der Waals surface area contributed by atoms with E-state index in [0.717, 1.165) is 11.4 Å². The van der Waals surface area contributed by atoms with E-state index in [2.05, 4.69) is 196 Å². The molecule has 13 rings (SSSR count). The average molecular weight is 684 g/mol. The second-order valence-electron chi connectivity index (χ2n) is 14.8. The van der Waals surface area contributed by atoms with Crippen LogP contribution in [0.3, 0.4) is 0 Å². The maximum atomic E-state index is 2.68. The third kappa shape index (κ3) is 3.53. The molecule has 11 aromatic rings. The third-order valence-corrected chi connectivity index (χ3v) is 12.2. The van der Waals surface area contributed by atoms with Gasteiger partial charge in [-0.05, 0) is 86.6 Å². The van der Waals surface area contributed by atoms with Gasteiger partial charge in [0, 0.05) is 55.2 Å². The molecule has 0 amide bonds. The first kappa shape index (κ1) is 28.5. The molecule has 0 unspecified atom stereocenters. The van der Waals surface area contributed by atoms with Crippen LogP contribution in [0.4, 0.5) is 17.1 Å². The lowest BCUT2D eigenvalue weighted by atomic mass is 9.44. The first-order valence-electron chi connectivity index (χ1n) is 18.8. The summed E-state index contributed by atoms with van der Waals surface area (Å²) in [4.78, 5) is 2.60. The van der Waals surface area contributed by atoms with Crippen molar-refractivity contribution in [2.45, 2.75) is 0 Å². The molecule has 0 N–H and O–H groups in total. The minimum atomic E-state index is -0.0478. The lowest BCUT2D eigenvalue weighted by Gasteiger charge is -2.41. The highest BCUT2D eigenvalue weighted by Crippen LogP contribution is 2.51. The van der Waals surface area contributed by atoms with Crippen LogP contribution in [0.2, 0.25) is 0 Å². The molecule has 0 saturated heterocycles. The zero-order valence-electron chi connectivity index (χ0n) is 29.2. The van der Waals surface area contributed by atoms with Crippen molar-refractivity contribution in [1.82, 2.24) is 9.05 Å². The predicted molar refractivity (Wildman–Crippen MR) is 229 cm³/mol. The van der Waals surface area contributed by atoms with Crippen molar-refractivity contribution in [3.8, 4) is 16.8 Å². The van der Waals surface area contributed by atoms with E-state index in [0.29, 0.717) is 0 Å². The summed E-state index contributed by atoms with van der Waals surface area (Å²) in [6, 6.07) is 67.7. The van der Waals surface area contributed by atoms with Crippen molar-refractivity contribution in [2.75, 3.05) is 4.90 Å². The van der Waals surface area contributed by atoms with Crippen LogP contribution in [0.25, 0.3) is 82.0 Å². The maximum Gasteiger partial charge on any atom is 0.333 e. The van der Waals surface area contributed by atoms with E-state index in [1.54, 1.807) is 0 Å². The Morgan fingerprint density at radius 2 is 1.07 bits per heavy atom. The number of hydrogen-bond donors (Lipinski definition) is 0. The molecule has 0 aliphatic carbocycles. The van der Waals surface area contributed by atoms with Crippen LogP contribution in [-0.2, 0) is 0 Å². The van der Waals surface area contributed by atoms with Crippen molar-refractivity contribution in [3.63, 3.8) is 0 Å². The Kier molecular flexibility index (Phi) is 5.45. The van der Waals surface area contributed by atoms with Gasteiger partial charge in [-0.25, -0.2) is 0 Å². The quantitative estimate of drug-likeness (QED) is 0.165. The van der Waals surface area contributed by atoms with Crippen molar-refractivity contribution < 1.29 is 0 Å². The molecule has 0 atom stereocenters. The number of nitrogens with zero attached hydrogens (tertiary/aromatic N) is 3. The standard InChI is InChI=1S/C50H30BN3/c1-2-16-34(17-3-1)52-42-23-10-9-20-40(42)46-45(52)30-41-39-22-12-21-38-37-19-8-11-24-43(37)54(49(38)39)51-47-36-18-7-6-14-32(36)26-28-44(47)53(50(46)48(41)51)35-27-25-31-13-4-5-15-33(31)29-35/h1-30H. The highest BCUT2D eigenvalue weighted by atomic mass is 15.2. The van der Waals surface area contributed by atoms with Crippen LogP contribution in [0, 0.1) is 0 Å². The van der Waals surface area contributed by atoms with Gasteiger partial charge in [0.2, 0.25) is 0 Å². The molecule has 0 radical (unpaired) electrons. The van der Waals surface area contributed by atoms with Crippen molar-refractivity contribution >= 4 is 100.0 Å². The van der Waals surface area contributed by atoms with Crippen molar-refractivity contribution in [1.29, 1.82) is 0 Å². The number of aromatic nitrogens is 2. The fourth-order valence-electron chi connectivity index (χ4n) is 10.1. The number of anilines is 3. The smallest absolute Gasteiger partial charge is 0.333 e. The van der Waals surface area contributed by atoms with Crippen LogP contribution in [0.1, 0.15) is 0 Å². The fourth-order valence-corrected chi connectivity index (χ4v) is 10.1. The molecule has 54 heavy (non-hydrogen) atoms. The summed E-state index contributed by atoms with van der Waals surface area (Å²) in [5, 5.41) is 10.2. The molecular weight excluding hydrogens is 653 g/mol. The van der Waals surface area contributed by atoms with Gasteiger partial charge in [0.15, 0.2) is 0 Å². The van der Waals surface area contributed by atoms with Gasteiger partial charge >= 0.3 is 6.85 Å².